The number of Topliss-reactive ketones (excluding diaryl/α,β-unsaturated/α-hetero) is 1. The summed E-state index contributed by atoms with van der Waals surface area (Å²) in [4.78, 5) is 11.3. The lowest BCUT2D eigenvalue weighted by Gasteiger charge is -2.37. The van der Waals surface area contributed by atoms with Crippen molar-refractivity contribution in [3.8, 4) is 5.75 Å². The van der Waals surface area contributed by atoms with Gasteiger partial charge in [-0.15, -0.1) is 0 Å². The molecule has 3 heteroatoms. The van der Waals surface area contributed by atoms with E-state index < -0.39 is 5.82 Å². The number of ketones is 1. The highest BCUT2D eigenvalue weighted by atomic mass is 19.1. The zero-order valence-electron chi connectivity index (χ0n) is 13.4. The van der Waals surface area contributed by atoms with Crippen molar-refractivity contribution in [2.24, 2.45) is 17.8 Å². The van der Waals surface area contributed by atoms with Crippen LogP contribution in [-0.4, -0.2) is 11.9 Å². The SMILES string of the molecule is CC(=O)c1ccc(OC2CC(C)CCC2C(C)C)c(F)c1. The maximum atomic E-state index is 14.1. The summed E-state index contributed by atoms with van der Waals surface area (Å²) < 4.78 is 20.1. The van der Waals surface area contributed by atoms with Gasteiger partial charge in [-0.05, 0) is 55.7 Å². The van der Waals surface area contributed by atoms with E-state index in [0.717, 1.165) is 12.8 Å². The van der Waals surface area contributed by atoms with Gasteiger partial charge in [-0.1, -0.05) is 27.2 Å². The van der Waals surface area contributed by atoms with Gasteiger partial charge in [0.1, 0.15) is 6.10 Å². The summed E-state index contributed by atoms with van der Waals surface area (Å²) in [7, 11) is 0. The average molecular weight is 292 g/mol. The van der Waals surface area contributed by atoms with Crippen molar-refractivity contribution in [3.05, 3.63) is 29.6 Å². The molecule has 1 aromatic carbocycles. The standard InChI is InChI=1S/C18H25FO2/c1-11(2)15-7-5-12(3)9-18(15)21-17-8-6-14(13(4)20)10-16(17)19/h6,8,10-12,15,18H,5,7,9H2,1-4H3. The lowest BCUT2D eigenvalue weighted by Crippen LogP contribution is -2.36. The molecule has 0 aliphatic heterocycles. The Morgan fingerprint density at radius 2 is 2.05 bits per heavy atom. The van der Waals surface area contributed by atoms with Crippen LogP contribution >= 0.6 is 0 Å². The third kappa shape index (κ3) is 3.84. The molecular weight excluding hydrogens is 267 g/mol. The van der Waals surface area contributed by atoms with Crippen LogP contribution in [0, 0.1) is 23.6 Å². The van der Waals surface area contributed by atoms with Gasteiger partial charge in [-0.25, -0.2) is 4.39 Å². The second-order valence-corrected chi connectivity index (χ2v) is 6.68. The predicted octanol–water partition coefficient (Wildman–Crippen LogP) is 4.87. The number of benzene rings is 1. The molecule has 0 spiro atoms. The smallest absolute Gasteiger partial charge is 0.165 e. The minimum atomic E-state index is -0.441. The molecule has 116 valence electrons. The molecule has 0 N–H and O–H groups in total. The summed E-state index contributed by atoms with van der Waals surface area (Å²) in [6.07, 6.45) is 3.38. The van der Waals surface area contributed by atoms with Gasteiger partial charge in [-0.2, -0.15) is 0 Å². The summed E-state index contributed by atoms with van der Waals surface area (Å²) in [6.45, 7) is 8.06. The number of rotatable bonds is 4. The van der Waals surface area contributed by atoms with Crippen LogP contribution in [0.4, 0.5) is 4.39 Å². The molecule has 0 heterocycles. The first kappa shape index (κ1) is 16.0. The Morgan fingerprint density at radius 3 is 2.62 bits per heavy atom. The van der Waals surface area contributed by atoms with Gasteiger partial charge in [-0.3, -0.25) is 4.79 Å². The van der Waals surface area contributed by atoms with E-state index in [2.05, 4.69) is 20.8 Å². The fraction of sp³-hybridized carbons (Fsp3) is 0.611. The fourth-order valence-corrected chi connectivity index (χ4v) is 3.23. The van der Waals surface area contributed by atoms with Crippen LogP contribution in [0.1, 0.15) is 57.3 Å². The molecule has 1 aromatic rings. The van der Waals surface area contributed by atoms with Crippen molar-refractivity contribution >= 4 is 5.78 Å². The number of hydrogen-bond acceptors (Lipinski definition) is 2. The number of carbonyl (C=O) groups excluding carboxylic acids is 1. The Bertz CT molecular complexity index is 510. The highest BCUT2D eigenvalue weighted by Gasteiger charge is 2.32. The van der Waals surface area contributed by atoms with Crippen molar-refractivity contribution in [2.45, 2.75) is 53.1 Å². The lowest BCUT2D eigenvalue weighted by molar-refractivity contribution is 0.0431. The van der Waals surface area contributed by atoms with Gasteiger partial charge in [0.05, 0.1) is 0 Å². The lowest BCUT2D eigenvalue weighted by atomic mass is 9.75. The van der Waals surface area contributed by atoms with E-state index in [1.54, 1.807) is 12.1 Å². The summed E-state index contributed by atoms with van der Waals surface area (Å²) in [6, 6.07) is 4.49. The highest BCUT2D eigenvalue weighted by Crippen LogP contribution is 2.36. The predicted molar refractivity (Wildman–Crippen MR) is 82.2 cm³/mol. The number of carbonyl (C=O) groups is 1. The van der Waals surface area contributed by atoms with E-state index in [-0.39, 0.29) is 17.6 Å². The van der Waals surface area contributed by atoms with Crippen LogP contribution in [0.2, 0.25) is 0 Å². The van der Waals surface area contributed by atoms with E-state index in [4.69, 9.17) is 4.74 Å². The molecule has 0 saturated heterocycles. The van der Waals surface area contributed by atoms with Crippen LogP contribution in [0.5, 0.6) is 5.75 Å². The topological polar surface area (TPSA) is 26.3 Å². The molecular formula is C18H25FO2. The third-order valence-corrected chi connectivity index (χ3v) is 4.58. The molecule has 0 bridgehead atoms. The Hall–Kier alpha value is -1.38. The van der Waals surface area contributed by atoms with Crippen molar-refractivity contribution in [2.75, 3.05) is 0 Å². The molecule has 3 atom stereocenters. The molecule has 1 saturated carbocycles. The van der Waals surface area contributed by atoms with E-state index in [1.165, 1.54) is 19.4 Å². The number of ether oxygens (including phenoxy) is 1. The molecule has 0 amide bonds. The molecule has 0 radical (unpaired) electrons. The van der Waals surface area contributed by atoms with E-state index in [1.807, 2.05) is 0 Å². The largest absolute Gasteiger partial charge is 0.487 e. The van der Waals surface area contributed by atoms with Gasteiger partial charge in [0.15, 0.2) is 17.3 Å². The zero-order valence-corrected chi connectivity index (χ0v) is 13.4. The van der Waals surface area contributed by atoms with Gasteiger partial charge in [0.25, 0.3) is 0 Å². The van der Waals surface area contributed by atoms with Crippen LogP contribution in [0.15, 0.2) is 18.2 Å². The fourth-order valence-electron chi connectivity index (χ4n) is 3.23. The van der Waals surface area contributed by atoms with E-state index >= 15 is 0 Å². The van der Waals surface area contributed by atoms with Crippen LogP contribution < -0.4 is 4.74 Å². The highest BCUT2D eigenvalue weighted by molar-refractivity contribution is 5.94. The second-order valence-electron chi connectivity index (χ2n) is 6.68. The van der Waals surface area contributed by atoms with E-state index in [9.17, 15) is 9.18 Å². The number of halogens is 1. The monoisotopic (exact) mass is 292 g/mol. The van der Waals surface area contributed by atoms with Crippen LogP contribution in [0.3, 0.4) is 0 Å². The van der Waals surface area contributed by atoms with Gasteiger partial charge < -0.3 is 4.74 Å². The summed E-state index contributed by atoms with van der Waals surface area (Å²) in [5.41, 5.74) is 0.386. The van der Waals surface area contributed by atoms with Gasteiger partial charge in [0, 0.05) is 5.56 Å². The summed E-state index contributed by atoms with van der Waals surface area (Å²) in [5.74, 6) is 1.31. The Kier molecular flexibility index (Phi) is 5.02. The normalized spacial score (nSPS) is 25.9. The third-order valence-electron chi connectivity index (χ3n) is 4.58. The van der Waals surface area contributed by atoms with Crippen molar-refractivity contribution in [1.82, 2.24) is 0 Å². The first-order valence-electron chi connectivity index (χ1n) is 7.85. The molecule has 1 aliphatic carbocycles. The first-order valence-corrected chi connectivity index (χ1v) is 7.85. The van der Waals surface area contributed by atoms with Crippen molar-refractivity contribution in [3.63, 3.8) is 0 Å². The van der Waals surface area contributed by atoms with Crippen LogP contribution in [0.25, 0.3) is 0 Å². The van der Waals surface area contributed by atoms with Gasteiger partial charge >= 0.3 is 0 Å². The first-order chi connectivity index (χ1) is 9.88. The molecule has 1 fully saturated rings. The van der Waals surface area contributed by atoms with Crippen molar-refractivity contribution in [1.29, 1.82) is 0 Å². The minimum absolute atomic E-state index is 0.0615. The molecule has 21 heavy (non-hydrogen) atoms. The maximum absolute atomic E-state index is 14.1. The Morgan fingerprint density at radius 1 is 1.33 bits per heavy atom. The maximum Gasteiger partial charge on any atom is 0.165 e. The quantitative estimate of drug-likeness (QED) is 0.740. The Balaban J connectivity index is 2.16. The average Bonchev–Trinajstić information content (AvgIpc) is 2.40. The number of hydrogen-bond donors (Lipinski definition) is 0. The molecule has 2 nitrogen and oxygen atoms in total. The van der Waals surface area contributed by atoms with Gasteiger partial charge in [0.2, 0.25) is 0 Å². The zero-order chi connectivity index (χ0) is 15.6. The summed E-state index contributed by atoms with van der Waals surface area (Å²) in [5, 5.41) is 0. The van der Waals surface area contributed by atoms with Crippen molar-refractivity contribution < 1.29 is 13.9 Å². The summed E-state index contributed by atoms with van der Waals surface area (Å²) >= 11 is 0. The molecule has 2 rings (SSSR count). The molecule has 3 unspecified atom stereocenters. The van der Waals surface area contributed by atoms with Crippen LogP contribution in [-0.2, 0) is 0 Å². The minimum Gasteiger partial charge on any atom is -0.487 e. The van der Waals surface area contributed by atoms with E-state index in [0.29, 0.717) is 23.3 Å². The molecule has 0 aromatic heterocycles. The Labute approximate surface area is 126 Å². The second kappa shape index (κ2) is 6.59. The molecule has 1 aliphatic rings.